The molecule has 2 aromatic carbocycles. The summed E-state index contributed by atoms with van der Waals surface area (Å²) in [5, 5.41) is -1.32. The summed E-state index contributed by atoms with van der Waals surface area (Å²) in [7, 11) is -8.16. The van der Waals surface area contributed by atoms with E-state index in [4.69, 9.17) is 20.5 Å². The number of rotatable bonds is 5. The van der Waals surface area contributed by atoms with E-state index in [2.05, 4.69) is 0 Å². The van der Waals surface area contributed by atoms with Crippen LogP contribution < -0.4 is 4.74 Å². The fourth-order valence-electron chi connectivity index (χ4n) is 3.00. The minimum atomic E-state index is -4.27. The second-order valence-corrected chi connectivity index (χ2v) is 10.4. The van der Waals surface area contributed by atoms with E-state index in [9.17, 15) is 25.6 Å². The molecule has 11 heteroatoms. The normalized spacial score (nSPS) is 19.7. The van der Waals surface area contributed by atoms with Crippen LogP contribution in [-0.4, -0.2) is 36.3 Å². The molecule has 3 rings (SSSR count). The van der Waals surface area contributed by atoms with Gasteiger partial charge in [0.2, 0.25) is 0 Å². The molecule has 0 radical (unpaired) electrons. The van der Waals surface area contributed by atoms with Gasteiger partial charge in [0, 0.05) is 10.9 Å². The molecule has 1 heterocycles. The van der Waals surface area contributed by atoms with Gasteiger partial charge in [0.15, 0.2) is 21.4 Å². The van der Waals surface area contributed by atoms with Crippen molar-refractivity contribution in [2.24, 2.45) is 5.92 Å². The van der Waals surface area contributed by atoms with E-state index in [-0.39, 0.29) is 11.5 Å². The highest BCUT2D eigenvalue weighted by molar-refractivity contribution is 7.91. The van der Waals surface area contributed by atoms with Crippen LogP contribution in [0.25, 0.3) is 0 Å². The first-order valence-electron chi connectivity index (χ1n) is 7.95. The van der Waals surface area contributed by atoms with Gasteiger partial charge in [-0.05, 0) is 36.4 Å². The number of fused-ring (bicyclic) bond motifs is 1. The average Bonchev–Trinajstić information content (AvgIpc) is 2.62. The molecule has 0 spiro atoms. The van der Waals surface area contributed by atoms with Crippen molar-refractivity contribution < 1.29 is 34.5 Å². The first kappa shape index (κ1) is 21.0. The summed E-state index contributed by atoms with van der Waals surface area (Å²) in [4.78, 5) is -0.178. The Labute approximate surface area is 166 Å². The molecule has 28 heavy (non-hydrogen) atoms. The van der Waals surface area contributed by atoms with Crippen molar-refractivity contribution in [2.45, 2.75) is 10.1 Å². The van der Waals surface area contributed by atoms with Gasteiger partial charge >= 0.3 is 0 Å². The molecule has 2 atom stereocenters. The van der Waals surface area contributed by atoms with E-state index in [1.165, 1.54) is 24.3 Å². The Hall–Kier alpha value is -1.75. The molecular weight excluding hydrogens is 438 g/mol. The van der Waals surface area contributed by atoms with Crippen LogP contribution in [0.5, 0.6) is 5.75 Å². The Morgan fingerprint density at radius 2 is 1.68 bits per heavy atom. The summed E-state index contributed by atoms with van der Waals surface area (Å²) < 4.78 is 87.9. The number of hydrogen-bond donors (Lipinski definition) is 0. The Balaban J connectivity index is 2.16. The minimum Gasteiger partial charge on any atom is -0.490 e. The molecule has 1 aliphatic heterocycles. The maximum absolute atomic E-state index is 14.6. The van der Waals surface area contributed by atoms with Crippen molar-refractivity contribution in [3.63, 3.8) is 0 Å². The lowest BCUT2D eigenvalue weighted by Gasteiger charge is -2.33. The van der Waals surface area contributed by atoms with Crippen LogP contribution in [0.15, 0.2) is 41.3 Å². The van der Waals surface area contributed by atoms with Gasteiger partial charge in [0.25, 0.3) is 10.1 Å². The van der Waals surface area contributed by atoms with Crippen molar-refractivity contribution in [3.8, 4) is 5.75 Å². The van der Waals surface area contributed by atoms with Gasteiger partial charge in [0.05, 0.1) is 29.9 Å². The SMILES string of the molecule is CS(=O)(=O)OCC1COc2c(F)ccc(F)c2C1S(=O)(=O)c1ccc(Cl)cc1. The van der Waals surface area contributed by atoms with Crippen molar-refractivity contribution in [2.75, 3.05) is 19.5 Å². The second kappa shape index (κ2) is 7.58. The summed E-state index contributed by atoms with van der Waals surface area (Å²) in [6, 6.07) is 6.78. The van der Waals surface area contributed by atoms with Crippen LogP contribution in [0.2, 0.25) is 5.02 Å². The molecule has 152 valence electrons. The summed E-state index contributed by atoms with van der Waals surface area (Å²) >= 11 is 5.79. The van der Waals surface area contributed by atoms with Gasteiger partial charge in [-0.25, -0.2) is 17.2 Å². The van der Waals surface area contributed by atoms with Crippen molar-refractivity contribution in [1.82, 2.24) is 0 Å². The molecule has 0 aromatic heterocycles. The summed E-state index contributed by atoms with van der Waals surface area (Å²) in [6.07, 6.45) is 0.799. The van der Waals surface area contributed by atoms with Crippen LogP contribution in [0.1, 0.15) is 10.8 Å². The first-order chi connectivity index (χ1) is 13.0. The van der Waals surface area contributed by atoms with Gasteiger partial charge in [-0.1, -0.05) is 11.6 Å². The monoisotopic (exact) mass is 452 g/mol. The third-order valence-electron chi connectivity index (χ3n) is 4.22. The maximum Gasteiger partial charge on any atom is 0.264 e. The molecule has 0 aliphatic carbocycles. The van der Waals surface area contributed by atoms with Crippen LogP contribution >= 0.6 is 11.6 Å². The zero-order valence-corrected chi connectivity index (χ0v) is 16.8. The Kier molecular flexibility index (Phi) is 5.68. The van der Waals surface area contributed by atoms with Crippen molar-refractivity contribution in [1.29, 1.82) is 0 Å². The molecule has 1 aliphatic rings. The molecule has 0 fully saturated rings. The molecule has 0 bridgehead atoms. The van der Waals surface area contributed by atoms with Gasteiger partial charge in [-0.3, -0.25) is 4.18 Å². The molecule has 0 N–H and O–H groups in total. The van der Waals surface area contributed by atoms with Crippen LogP contribution in [0, 0.1) is 17.6 Å². The Morgan fingerprint density at radius 1 is 1.07 bits per heavy atom. The Bertz CT molecular complexity index is 1100. The number of halogens is 3. The predicted octanol–water partition coefficient (Wildman–Crippen LogP) is 3.12. The third kappa shape index (κ3) is 4.14. The van der Waals surface area contributed by atoms with E-state index in [0.717, 1.165) is 18.4 Å². The maximum atomic E-state index is 14.6. The smallest absolute Gasteiger partial charge is 0.264 e. The highest BCUT2D eigenvalue weighted by Gasteiger charge is 2.44. The molecule has 2 aromatic rings. The second-order valence-electron chi connectivity index (χ2n) is 6.25. The first-order valence-corrected chi connectivity index (χ1v) is 11.7. The van der Waals surface area contributed by atoms with E-state index < -0.39 is 60.7 Å². The Morgan fingerprint density at radius 3 is 2.29 bits per heavy atom. The van der Waals surface area contributed by atoms with E-state index in [0.29, 0.717) is 5.02 Å². The van der Waals surface area contributed by atoms with Gasteiger partial charge < -0.3 is 4.74 Å². The highest BCUT2D eigenvalue weighted by atomic mass is 35.5. The summed E-state index contributed by atoms with van der Waals surface area (Å²) in [5.74, 6) is -3.52. The third-order valence-corrected chi connectivity index (χ3v) is 7.26. The molecule has 0 amide bonds. The number of sulfone groups is 1. The van der Waals surface area contributed by atoms with Gasteiger partial charge in [-0.2, -0.15) is 8.42 Å². The van der Waals surface area contributed by atoms with Gasteiger partial charge in [0.1, 0.15) is 11.1 Å². The lowest BCUT2D eigenvalue weighted by molar-refractivity contribution is 0.150. The van der Waals surface area contributed by atoms with Gasteiger partial charge in [-0.15, -0.1) is 0 Å². The zero-order chi connectivity index (χ0) is 20.7. The summed E-state index contributed by atoms with van der Waals surface area (Å²) in [6.45, 7) is -0.952. The van der Waals surface area contributed by atoms with E-state index in [1.54, 1.807) is 0 Å². The fourth-order valence-corrected chi connectivity index (χ4v) is 5.55. The lowest BCUT2D eigenvalue weighted by Crippen LogP contribution is -2.36. The highest BCUT2D eigenvalue weighted by Crippen LogP contribution is 2.45. The molecule has 2 unspecified atom stereocenters. The minimum absolute atomic E-state index is 0.178. The fraction of sp³-hybridized carbons (Fsp3) is 0.294. The topological polar surface area (TPSA) is 86.7 Å². The van der Waals surface area contributed by atoms with Crippen LogP contribution in [0.3, 0.4) is 0 Å². The lowest BCUT2D eigenvalue weighted by atomic mass is 9.96. The molecule has 0 saturated heterocycles. The molecular formula is C17H15ClF2O6S2. The van der Waals surface area contributed by atoms with Crippen LogP contribution in [-0.2, 0) is 24.1 Å². The summed E-state index contributed by atoms with van der Waals surface area (Å²) in [5.41, 5.74) is -0.497. The van der Waals surface area contributed by atoms with Crippen LogP contribution in [0.4, 0.5) is 8.78 Å². The average molecular weight is 453 g/mol. The standard InChI is InChI=1S/C17H15ClF2O6S2/c1-27(21,22)26-9-10-8-25-16-14(20)7-6-13(19)15(16)17(10)28(23,24)12-4-2-11(18)3-5-12/h2-7,10,17H,8-9H2,1H3. The zero-order valence-electron chi connectivity index (χ0n) is 14.4. The van der Waals surface area contributed by atoms with E-state index in [1.807, 2.05) is 0 Å². The predicted molar refractivity (Wildman–Crippen MR) is 97.5 cm³/mol. The molecule has 6 nitrogen and oxygen atoms in total. The van der Waals surface area contributed by atoms with E-state index >= 15 is 0 Å². The quantitative estimate of drug-likeness (QED) is 0.648. The number of benzene rings is 2. The largest absolute Gasteiger partial charge is 0.490 e. The number of hydrogen-bond acceptors (Lipinski definition) is 6. The number of ether oxygens (including phenoxy) is 1. The molecule has 0 saturated carbocycles. The van der Waals surface area contributed by atoms with Crippen molar-refractivity contribution >= 4 is 31.6 Å². The van der Waals surface area contributed by atoms with Crippen molar-refractivity contribution in [3.05, 3.63) is 58.6 Å².